The summed E-state index contributed by atoms with van der Waals surface area (Å²) in [5, 5.41) is 5.41. The van der Waals surface area contributed by atoms with Gasteiger partial charge in [-0.3, -0.25) is 4.79 Å². The summed E-state index contributed by atoms with van der Waals surface area (Å²) in [5.74, 6) is 0.0802. The lowest BCUT2D eigenvalue weighted by Gasteiger charge is -2.17. The van der Waals surface area contributed by atoms with Crippen LogP contribution in [0.1, 0.15) is 34.8 Å². The number of methoxy groups -OCH3 is 2. The first-order valence-electron chi connectivity index (χ1n) is 11.0. The molecule has 4 rings (SSSR count). The Bertz CT molecular complexity index is 1340. The Balaban J connectivity index is 1.90. The van der Waals surface area contributed by atoms with Gasteiger partial charge in [-0.15, -0.1) is 0 Å². The normalized spacial score (nSPS) is 10.8. The molecule has 0 atom stereocenters. The number of fused-ring (bicyclic) bond motifs is 1. The van der Waals surface area contributed by atoms with Crippen molar-refractivity contribution in [3.8, 4) is 22.6 Å². The Hall–Kier alpha value is -4.20. The molecule has 174 valence electrons. The summed E-state index contributed by atoms with van der Waals surface area (Å²) in [7, 11) is 2.94. The largest absolute Gasteiger partial charge is 0.497 e. The summed E-state index contributed by atoms with van der Waals surface area (Å²) >= 11 is 0. The van der Waals surface area contributed by atoms with Crippen molar-refractivity contribution in [3.05, 3.63) is 72.2 Å². The fourth-order valence-electron chi connectivity index (χ4n) is 3.86. The maximum Gasteiger partial charge on any atom is 0.356 e. The van der Waals surface area contributed by atoms with Crippen molar-refractivity contribution in [1.82, 2.24) is 19.7 Å². The maximum atomic E-state index is 13.4. The molecule has 2 aromatic heterocycles. The minimum absolute atomic E-state index is 0.150. The number of ether oxygens (including phenoxy) is 2. The highest BCUT2D eigenvalue weighted by Crippen LogP contribution is 2.30. The average molecular weight is 459 g/mol. The summed E-state index contributed by atoms with van der Waals surface area (Å²) < 4.78 is 11.7. The quantitative estimate of drug-likeness (QED) is 0.383. The van der Waals surface area contributed by atoms with E-state index in [-0.39, 0.29) is 11.6 Å². The van der Waals surface area contributed by atoms with Crippen molar-refractivity contribution in [2.75, 3.05) is 27.3 Å². The maximum absolute atomic E-state index is 13.4. The third-order valence-electron chi connectivity index (χ3n) is 5.74. The lowest BCUT2D eigenvalue weighted by atomic mass is 10.0. The number of benzene rings is 2. The van der Waals surface area contributed by atoms with Gasteiger partial charge in [-0.1, -0.05) is 18.2 Å². The number of esters is 1. The van der Waals surface area contributed by atoms with Crippen LogP contribution in [-0.2, 0) is 4.74 Å². The van der Waals surface area contributed by atoms with E-state index in [0.717, 1.165) is 27.8 Å². The molecule has 8 heteroatoms. The minimum Gasteiger partial charge on any atom is -0.497 e. The number of hydrogen-bond acceptors (Lipinski definition) is 6. The van der Waals surface area contributed by atoms with Gasteiger partial charge in [0.1, 0.15) is 11.4 Å². The molecule has 34 heavy (non-hydrogen) atoms. The van der Waals surface area contributed by atoms with Crippen LogP contribution in [0, 0.1) is 0 Å². The van der Waals surface area contributed by atoms with Crippen molar-refractivity contribution in [2.24, 2.45) is 0 Å². The molecule has 4 aromatic rings. The van der Waals surface area contributed by atoms with Crippen molar-refractivity contribution < 1.29 is 19.1 Å². The molecule has 2 aromatic carbocycles. The number of rotatable bonds is 7. The van der Waals surface area contributed by atoms with E-state index in [1.54, 1.807) is 28.8 Å². The van der Waals surface area contributed by atoms with Gasteiger partial charge in [0.05, 0.1) is 25.4 Å². The van der Waals surface area contributed by atoms with Crippen LogP contribution in [0.15, 0.2) is 60.8 Å². The lowest BCUT2D eigenvalue weighted by molar-refractivity contribution is 0.0593. The molecular weight excluding hydrogens is 432 g/mol. The van der Waals surface area contributed by atoms with Crippen LogP contribution in [0.5, 0.6) is 5.75 Å². The first-order chi connectivity index (χ1) is 16.5. The molecule has 0 N–H and O–H groups in total. The van der Waals surface area contributed by atoms with Crippen molar-refractivity contribution in [3.63, 3.8) is 0 Å². The zero-order chi connectivity index (χ0) is 24.2. The van der Waals surface area contributed by atoms with Gasteiger partial charge < -0.3 is 14.4 Å². The van der Waals surface area contributed by atoms with E-state index < -0.39 is 5.97 Å². The molecule has 1 amide bonds. The van der Waals surface area contributed by atoms with E-state index in [9.17, 15) is 9.59 Å². The summed E-state index contributed by atoms with van der Waals surface area (Å²) in [6.45, 7) is 5.02. The lowest BCUT2D eigenvalue weighted by Crippen LogP contribution is -2.31. The van der Waals surface area contributed by atoms with Gasteiger partial charge in [-0.05, 0) is 61.4 Å². The van der Waals surface area contributed by atoms with Gasteiger partial charge in [-0.25, -0.2) is 14.5 Å². The monoisotopic (exact) mass is 458 g/mol. The number of amides is 1. The van der Waals surface area contributed by atoms with E-state index in [4.69, 9.17) is 14.6 Å². The van der Waals surface area contributed by atoms with Gasteiger partial charge in [0.2, 0.25) is 0 Å². The summed E-state index contributed by atoms with van der Waals surface area (Å²) in [4.78, 5) is 31.2. The highest BCUT2D eigenvalue weighted by molar-refractivity contribution is 6.06. The summed E-state index contributed by atoms with van der Waals surface area (Å²) in [6.07, 6.45) is 1.52. The Morgan fingerprint density at radius 1 is 0.941 bits per heavy atom. The molecule has 0 spiro atoms. The Morgan fingerprint density at radius 2 is 1.65 bits per heavy atom. The van der Waals surface area contributed by atoms with Crippen molar-refractivity contribution in [1.29, 1.82) is 0 Å². The molecule has 8 nitrogen and oxygen atoms in total. The molecule has 0 aliphatic carbocycles. The van der Waals surface area contributed by atoms with Crippen LogP contribution < -0.4 is 4.74 Å². The number of carbonyl (C=O) groups excluding carboxylic acids is 2. The van der Waals surface area contributed by atoms with Gasteiger partial charge in [-0.2, -0.15) is 5.10 Å². The molecule has 0 bridgehead atoms. The van der Waals surface area contributed by atoms with Gasteiger partial charge in [0.25, 0.3) is 5.91 Å². The number of carbonyl (C=O) groups is 2. The van der Waals surface area contributed by atoms with E-state index in [1.807, 2.05) is 56.3 Å². The summed E-state index contributed by atoms with van der Waals surface area (Å²) in [6, 6.07) is 17.0. The van der Waals surface area contributed by atoms with Crippen LogP contribution in [0.25, 0.3) is 27.7 Å². The van der Waals surface area contributed by atoms with Gasteiger partial charge >= 0.3 is 5.97 Å². The second-order valence-corrected chi connectivity index (χ2v) is 7.59. The van der Waals surface area contributed by atoms with Crippen LogP contribution in [0.4, 0.5) is 0 Å². The molecule has 0 saturated carbocycles. The SMILES string of the molecule is CCN(CC)C(=O)c1nn(-c2ccnc(C(=O)OC)c2)c2ccc(-c3ccc(OC)cc3)cc12. The fraction of sp³-hybridized carbons (Fsp3) is 0.231. The molecular formula is C26H26N4O4. The highest BCUT2D eigenvalue weighted by Gasteiger charge is 2.23. The Kier molecular flexibility index (Phi) is 6.58. The molecule has 2 heterocycles. The first kappa shape index (κ1) is 23.0. The Labute approximate surface area is 197 Å². The smallest absolute Gasteiger partial charge is 0.356 e. The van der Waals surface area contributed by atoms with Crippen molar-refractivity contribution >= 4 is 22.8 Å². The topological polar surface area (TPSA) is 86.6 Å². The highest BCUT2D eigenvalue weighted by atomic mass is 16.5. The van der Waals surface area contributed by atoms with Crippen molar-refractivity contribution in [2.45, 2.75) is 13.8 Å². The number of aromatic nitrogens is 3. The number of nitrogens with zero attached hydrogens (tertiary/aromatic N) is 4. The first-order valence-corrected chi connectivity index (χ1v) is 11.0. The van der Waals surface area contributed by atoms with E-state index in [0.29, 0.717) is 24.5 Å². The van der Waals surface area contributed by atoms with E-state index in [2.05, 4.69) is 4.98 Å². The second kappa shape index (κ2) is 9.74. The predicted octanol–water partition coefficient (Wildman–Crippen LogP) is 4.36. The zero-order valence-electron chi connectivity index (χ0n) is 19.6. The molecule has 0 saturated heterocycles. The molecule has 0 radical (unpaired) electrons. The number of hydrogen-bond donors (Lipinski definition) is 0. The second-order valence-electron chi connectivity index (χ2n) is 7.59. The Morgan fingerprint density at radius 3 is 2.29 bits per heavy atom. The predicted molar refractivity (Wildman–Crippen MR) is 129 cm³/mol. The molecule has 0 aliphatic heterocycles. The third-order valence-corrected chi connectivity index (χ3v) is 5.74. The zero-order valence-corrected chi connectivity index (χ0v) is 19.6. The minimum atomic E-state index is -0.542. The van der Waals surface area contributed by atoms with Gasteiger partial charge in [0.15, 0.2) is 5.69 Å². The molecule has 0 aliphatic rings. The number of pyridine rings is 1. The van der Waals surface area contributed by atoms with Crippen LogP contribution in [0.3, 0.4) is 0 Å². The van der Waals surface area contributed by atoms with Crippen LogP contribution >= 0.6 is 0 Å². The average Bonchev–Trinajstić information content (AvgIpc) is 3.28. The summed E-state index contributed by atoms with van der Waals surface area (Å²) in [5.41, 5.74) is 3.81. The third kappa shape index (κ3) is 4.22. The standard InChI is InChI=1S/C26H26N4O4/c1-5-29(6-2)25(31)24-21-15-18(17-7-10-20(33-3)11-8-17)9-12-23(21)30(28-24)19-13-14-27-22(16-19)26(32)34-4/h7-16H,5-6H2,1-4H3. The van der Waals surface area contributed by atoms with Crippen LogP contribution in [0.2, 0.25) is 0 Å². The molecule has 0 fully saturated rings. The van der Waals surface area contributed by atoms with Crippen LogP contribution in [-0.4, -0.2) is 58.8 Å². The molecule has 0 unspecified atom stereocenters. The van der Waals surface area contributed by atoms with E-state index in [1.165, 1.54) is 13.3 Å². The van der Waals surface area contributed by atoms with Gasteiger partial charge in [0, 0.05) is 24.7 Å². The van der Waals surface area contributed by atoms with E-state index >= 15 is 0 Å². The fourth-order valence-corrected chi connectivity index (χ4v) is 3.86.